The van der Waals surface area contributed by atoms with Gasteiger partial charge in [0.1, 0.15) is 14.9 Å². The van der Waals surface area contributed by atoms with E-state index in [-0.39, 0.29) is 23.2 Å². The fraction of sp³-hybridized carbons (Fsp3) is 0.476. The van der Waals surface area contributed by atoms with Gasteiger partial charge in [0.2, 0.25) is 0 Å². The van der Waals surface area contributed by atoms with Gasteiger partial charge in [0.25, 0.3) is 0 Å². The Balaban J connectivity index is 2.09. The maximum absolute atomic E-state index is 12.7. The van der Waals surface area contributed by atoms with Crippen molar-refractivity contribution in [2.24, 2.45) is 0 Å². The quantitative estimate of drug-likeness (QED) is 0.520. The van der Waals surface area contributed by atoms with Gasteiger partial charge in [-0.2, -0.15) is 0 Å². The zero-order chi connectivity index (χ0) is 21.4. The molecule has 1 aromatic heterocycles. The summed E-state index contributed by atoms with van der Waals surface area (Å²) < 4.78 is 10.8. The molecule has 0 saturated carbocycles. The minimum Gasteiger partial charge on any atom is -0.461 e. The SMILES string of the molecule is CCOC(=O)c1nc(CN(CCCc2ccccc2)C(=O)OC(C)(C)C)sc1Cl. The molecule has 0 aliphatic rings. The van der Waals surface area contributed by atoms with E-state index in [1.54, 1.807) is 11.8 Å². The first-order valence-electron chi connectivity index (χ1n) is 9.53. The van der Waals surface area contributed by atoms with Gasteiger partial charge in [-0.15, -0.1) is 11.3 Å². The normalized spacial score (nSPS) is 11.2. The Labute approximate surface area is 180 Å². The van der Waals surface area contributed by atoms with E-state index in [1.165, 1.54) is 16.9 Å². The van der Waals surface area contributed by atoms with Crippen LogP contribution in [0, 0.1) is 0 Å². The van der Waals surface area contributed by atoms with Crippen molar-refractivity contribution in [3.05, 3.63) is 50.9 Å². The number of benzene rings is 1. The molecule has 0 aliphatic carbocycles. The molecule has 0 spiro atoms. The highest BCUT2D eigenvalue weighted by molar-refractivity contribution is 7.16. The first-order chi connectivity index (χ1) is 13.7. The zero-order valence-corrected chi connectivity index (χ0v) is 18.8. The number of aromatic nitrogens is 1. The predicted octanol–water partition coefficient (Wildman–Crippen LogP) is 5.34. The molecule has 0 unspecified atom stereocenters. The summed E-state index contributed by atoms with van der Waals surface area (Å²) in [6.45, 7) is 8.15. The number of hydrogen-bond acceptors (Lipinski definition) is 6. The van der Waals surface area contributed by atoms with E-state index in [0.29, 0.717) is 11.6 Å². The molecule has 29 heavy (non-hydrogen) atoms. The predicted molar refractivity (Wildman–Crippen MR) is 114 cm³/mol. The Morgan fingerprint density at radius 1 is 1.21 bits per heavy atom. The van der Waals surface area contributed by atoms with Crippen molar-refractivity contribution < 1.29 is 19.1 Å². The third-order valence-electron chi connectivity index (χ3n) is 3.81. The van der Waals surface area contributed by atoms with Gasteiger partial charge in [0.15, 0.2) is 5.69 Å². The van der Waals surface area contributed by atoms with Crippen molar-refractivity contribution in [3.8, 4) is 0 Å². The molecule has 0 saturated heterocycles. The second kappa shape index (κ2) is 10.6. The third-order valence-corrected chi connectivity index (χ3v) is 5.05. The lowest BCUT2D eigenvalue weighted by molar-refractivity contribution is 0.0231. The molecule has 0 aliphatic heterocycles. The molecule has 0 fully saturated rings. The molecule has 0 radical (unpaired) electrons. The van der Waals surface area contributed by atoms with Gasteiger partial charge in [0.05, 0.1) is 13.2 Å². The van der Waals surface area contributed by atoms with Crippen LogP contribution in [0.5, 0.6) is 0 Å². The maximum Gasteiger partial charge on any atom is 0.410 e. The van der Waals surface area contributed by atoms with Gasteiger partial charge in [-0.05, 0) is 46.1 Å². The van der Waals surface area contributed by atoms with Crippen molar-refractivity contribution in [2.75, 3.05) is 13.2 Å². The average molecular weight is 439 g/mol. The Bertz CT molecular complexity index is 818. The third kappa shape index (κ3) is 7.66. The van der Waals surface area contributed by atoms with Crippen molar-refractivity contribution in [1.29, 1.82) is 0 Å². The van der Waals surface area contributed by atoms with Gasteiger partial charge in [-0.25, -0.2) is 14.6 Å². The first kappa shape index (κ1) is 23.2. The lowest BCUT2D eigenvalue weighted by atomic mass is 10.1. The average Bonchev–Trinajstić information content (AvgIpc) is 3.01. The molecule has 0 atom stereocenters. The molecule has 1 aromatic carbocycles. The highest BCUT2D eigenvalue weighted by Gasteiger charge is 2.25. The van der Waals surface area contributed by atoms with Gasteiger partial charge >= 0.3 is 12.1 Å². The molecular formula is C21H27ClN2O4S. The number of carbonyl (C=O) groups is 2. The number of rotatable bonds is 8. The van der Waals surface area contributed by atoms with Gasteiger partial charge < -0.3 is 14.4 Å². The van der Waals surface area contributed by atoms with Crippen LogP contribution in [-0.2, 0) is 22.4 Å². The molecular weight excluding hydrogens is 412 g/mol. The topological polar surface area (TPSA) is 68.7 Å². The van der Waals surface area contributed by atoms with Crippen molar-refractivity contribution in [3.63, 3.8) is 0 Å². The number of halogens is 1. The number of hydrogen-bond donors (Lipinski definition) is 0. The molecule has 0 bridgehead atoms. The second-order valence-corrected chi connectivity index (χ2v) is 9.13. The van der Waals surface area contributed by atoms with E-state index in [2.05, 4.69) is 17.1 Å². The summed E-state index contributed by atoms with van der Waals surface area (Å²) in [5.74, 6) is -0.562. The lowest BCUT2D eigenvalue weighted by Gasteiger charge is -2.27. The highest BCUT2D eigenvalue weighted by atomic mass is 35.5. The van der Waals surface area contributed by atoms with Gasteiger partial charge in [-0.3, -0.25) is 0 Å². The molecule has 0 N–H and O–H groups in total. The van der Waals surface area contributed by atoms with Gasteiger partial charge in [0, 0.05) is 6.54 Å². The number of esters is 1. The van der Waals surface area contributed by atoms with Crippen molar-refractivity contribution in [2.45, 2.75) is 52.7 Å². The minimum absolute atomic E-state index is 0.0851. The standard InChI is InChI=1S/C21H27ClN2O4S/c1-5-27-19(25)17-18(22)29-16(23-17)14-24(20(26)28-21(2,3)4)13-9-12-15-10-7-6-8-11-15/h6-8,10-11H,5,9,12-14H2,1-4H3. The van der Waals surface area contributed by atoms with Crippen LogP contribution in [0.15, 0.2) is 30.3 Å². The molecule has 158 valence electrons. The minimum atomic E-state index is -0.606. The summed E-state index contributed by atoms with van der Waals surface area (Å²) in [5, 5.41) is 0.559. The molecule has 1 heterocycles. The summed E-state index contributed by atoms with van der Waals surface area (Å²) >= 11 is 7.32. The molecule has 8 heteroatoms. The van der Waals surface area contributed by atoms with Crippen LogP contribution in [0.25, 0.3) is 0 Å². The Kier molecular flexibility index (Phi) is 8.46. The van der Waals surface area contributed by atoms with Crippen LogP contribution in [0.1, 0.15) is 55.2 Å². The van der Waals surface area contributed by atoms with E-state index in [4.69, 9.17) is 21.1 Å². The van der Waals surface area contributed by atoms with Crippen molar-refractivity contribution in [1.82, 2.24) is 9.88 Å². The molecule has 6 nitrogen and oxygen atoms in total. The van der Waals surface area contributed by atoms with Crippen LogP contribution in [0.4, 0.5) is 4.79 Å². The highest BCUT2D eigenvalue weighted by Crippen LogP contribution is 2.26. The van der Waals surface area contributed by atoms with Crippen LogP contribution >= 0.6 is 22.9 Å². The first-order valence-corrected chi connectivity index (χ1v) is 10.7. The van der Waals surface area contributed by atoms with Crippen LogP contribution in [0.2, 0.25) is 4.34 Å². The summed E-state index contributed by atoms with van der Waals surface area (Å²) in [7, 11) is 0. The number of amides is 1. The Morgan fingerprint density at radius 2 is 1.90 bits per heavy atom. The monoisotopic (exact) mass is 438 g/mol. The molecule has 1 amide bonds. The van der Waals surface area contributed by atoms with E-state index in [9.17, 15) is 9.59 Å². The smallest absolute Gasteiger partial charge is 0.410 e. The van der Waals surface area contributed by atoms with Crippen molar-refractivity contribution >= 4 is 35.0 Å². The number of thiazole rings is 1. The lowest BCUT2D eigenvalue weighted by Crippen LogP contribution is -2.37. The number of aryl methyl sites for hydroxylation is 1. The van der Waals surface area contributed by atoms with E-state index < -0.39 is 17.7 Å². The summed E-state index contributed by atoms with van der Waals surface area (Å²) in [5.41, 5.74) is 0.686. The number of carbonyl (C=O) groups excluding carboxylic acids is 2. The molecule has 2 aromatic rings. The van der Waals surface area contributed by atoms with E-state index in [0.717, 1.165) is 12.8 Å². The van der Waals surface area contributed by atoms with Crippen LogP contribution in [0.3, 0.4) is 0 Å². The van der Waals surface area contributed by atoms with Crippen LogP contribution < -0.4 is 0 Å². The Hall–Kier alpha value is -2.12. The maximum atomic E-state index is 12.7. The van der Waals surface area contributed by atoms with E-state index >= 15 is 0 Å². The van der Waals surface area contributed by atoms with E-state index in [1.807, 2.05) is 39.0 Å². The fourth-order valence-electron chi connectivity index (χ4n) is 2.58. The molecule has 2 rings (SSSR count). The fourth-order valence-corrected chi connectivity index (χ4v) is 3.76. The summed E-state index contributed by atoms with van der Waals surface area (Å²) in [6, 6.07) is 10.1. The van der Waals surface area contributed by atoms with Gasteiger partial charge in [-0.1, -0.05) is 41.9 Å². The number of nitrogens with zero attached hydrogens (tertiary/aromatic N) is 2. The summed E-state index contributed by atoms with van der Waals surface area (Å²) in [4.78, 5) is 30.5. The largest absolute Gasteiger partial charge is 0.461 e. The zero-order valence-electron chi connectivity index (χ0n) is 17.2. The second-order valence-electron chi connectivity index (χ2n) is 7.44. The number of ether oxygens (including phenoxy) is 2. The summed E-state index contributed by atoms with van der Waals surface area (Å²) in [6.07, 6.45) is 1.19. The Morgan fingerprint density at radius 3 is 2.52 bits per heavy atom. The van der Waals surface area contributed by atoms with Crippen LogP contribution in [-0.4, -0.2) is 40.7 Å².